The number of hydrogen-bond donors (Lipinski definition) is 1. The van der Waals surface area contributed by atoms with Crippen molar-refractivity contribution in [3.63, 3.8) is 0 Å². The lowest BCUT2D eigenvalue weighted by atomic mass is 10.2. The van der Waals surface area contributed by atoms with Crippen LogP contribution in [0.1, 0.15) is 16.7 Å². The Morgan fingerprint density at radius 3 is 2.63 bits per heavy atom. The third-order valence-electron chi connectivity index (χ3n) is 4.10. The van der Waals surface area contributed by atoms with Crippen molar-refractivity contribution >= 4 is 33.7 Å². The van der Waals surface area contributed by atoms with Crippen molar-refractivity contribution in [3.05, 3.63) is 93.7 Å². The van der Waals surface area contributed by atoms with Gasteiger partial charge in [0.1, 0.15) is 18.2 Å². The van der Waals surface area contributed by atoms with E-state index >= 15 is 0 Å². The number of aryl methyl sites for hydroxylation is 1. The van der Waals surface area contributed by atoms with Crippen molar-refractivity contribution in [1.29, 1.82) is 0 Å². The highest BCUT2D eigenvalue weighted by atomic mass is 79.9. The van der Waals surface area contributed by atoms with E-state index in [9.17, 15) is 9.18 Å². The van der Waals surface area contributed by atoms with Gasteiger partial charge in [-0.15, -0.1) is 0 Å². The maximum Gasteiger partial charge on any atom is 0.265 e. The van der Waals surface area contributed by atoms with Crippen LogP contribution in [0.3, 0.4) is 0 Å². The zero-order valence-electron chi connectivity index (χ0n) is 16.3. The van der Waals surface area contributed by atoms with Crippen molar-refractivity contribution in [2.45, 2.75) is 13.5 Å². The second-order valence-electron chi connectivity index (χ2n) is 6.49. The summed E-state index contributed by atoms with van der Waals surface area (Å²) in [5.41, 5.74) is 3.04. The van der Waals surface area contributed by atoms with Crippen LogP contribution in [0.15, 0.2) is 76.4 Å². The molecule has 3 rings (SSSR count). The summed E-state index contributed by atoms with van der Waals surface area (Å²) < 4.78 is 20.0. The minimum Gasteiger partial charge on any atom is -0.488 e. The number of amides is 1. The molecular weight excluding hydrogens is 451 g/mol. The molecule has 0 aliphatic rings. The first-order chi connectivity index (χ1) is 14.5. The molecule has 3 aromatic carbocycles. The number of benzene rings is 3. The average molecular weight is 471 g/mol. The Balaban J connectivity index is 1.47. The zero-order valence-corrected chi connectivity index (χ0v) is 17.9. The molecule has 0 fully saturated rings. The van der Waals surface area contributed by atoms with E-state index < -0.39 is 0 Å². The van der Waals surface area contributed by atoms with Crippen LogP contribution in [-0.2, 0) is 16.2 Å². The van der Waals surface area contributed by atoms with Crippen LogP contribution < -0.4 is 10.1 Å². The molecule has 0 saturated carbocycles. The van der Waals surface area contributed by atoms with Crippen molar-refractivity contribution < 1.29 is 18.8 Å². The van der Waals surface area contributed by atoms with E-state index in [0.29, 0.717) is 21.5 Å². The summed E-state index contributed by atoms with van der Waals surface area (Å²) in [6.45, 7) is 1.90. The highest BCUT2D eigenvalue weighted by molar-refractivity contribution is 9.10. The van der Waals surface area contributed by atoms with Crippen LogP contribution >= 0.6 is 15.9 Å². The molecule has 154 valence electrons. The maximum absolute atomic E-state index is 13.7. The number of oxime groups is 1. The lowest BCUT2D eigenvalue weighted by Gasteiger charge is -2.09. The van der Waals surface area contributed by atoms with E-state index in [2.05, 4.69) is 26.4 Å². The largest absolute Gasteiger partial charge is 0.488 e. The predicted octanol–water partition coefficient (Wildman–Crippen LogP) is 5.46. The van der Waals surface area contributed by atoms with E-state index in [4.69, 9.17) is 9.57 Å². The fraction of sp³-hybridized carbons (Fsp3) is 0.130. The smallest absolute Gasteiger partial charge is 0.265 e. The van der Waals surface area contributed by atoms with E-state index in [1.807, 2.05) is 31.2 Å². The van der Waals surface area contributed by atoms with Crippen molar-refractivity contribution in [2.24, 2.45) is 5.16 Å². The van der Waals surface area contributed by atoms with E-state index in [1.54, 1.807) is 36.4 Å². The van der Waals surface area contributed by atoms with Gasteiger partial charge in [0, 0.05) is 11.3 Å². The SMILES string of the molecule is Cc1ccc(NC(=O)CO/N=C/c2ccc(OCc3ccccc3F)c(Br)c2)cc1. The molecule has 0 aliphatic heterocycles. The lowest BCUT2D eigenvalue weighted by molar-refractivity contribution is -0.120. The van der Waals surface area contributed by atoms with Crippen molar-refractivity contribution in [2.75, 3.05) is 11.9 Å². The summed E-state index contributed by atoms with van der Waals surface area (Å²) in [7, 11) is 0. The van der Waals surface area contributed by atoms with Crippen molar-refractivity contribution in [3.8, 4) is 5.75 Å². The number of rotatable bonds is 8. The third-order valence-corrected chi connectivity index (χ3v) is 4.72. The Hall–Kier alpha value is -3.19. The molecule has 5 nitrogen and oxygen atoms in total. The molecule has 0 spiro atoms. The average Bonchev–Trinajstić information content (AvgIpc) is 2.73. The quantitative estimate of drug-likeness (QED) is 0.351. The van der Waals surface area contributed by atoms with Gasteiger partial charge >= 0.3 is 0 Å². The first-order valence-corrected chi connectivity index (χ1v) is 9.98. The number of carbonyl (C=O) groups is 1. The van der Waals surface area contributed by atoms with Gasteiger partial charge in [-0.05, 0) is 64.8 Å². The van der Waals surface area contributed by atoms with Crippen LogP contribution in [0.5, 0.6) is 5.75 Å². The summed E-state index contributed by atoms with van der Waals surface area (Å²) in [5, 5.41) is 6.54. The lowest BCUT2D eigenvalue weighted by Crippen LogP contribution is -2.16. The minimum absolute atomic E-state index is 0.123. The number of ether oxygens (including phenoxy) is 1. The van der Waals surface area contributed by atoms with Gasteiger partial charge in [0.05, 0.1) is 10.7 Å². The predicted molar refractivity (Wildman–Crippen MR) is 118 cm³/mol. The Morgan fingerprint density at radius 1 is 1.13 bits per heavy atom. The molecule has 1 N–H and O–H groups in total. The van der Waals surface area contributed by atoms with Gasteiger partial charge in [0.2, 0.25) is 0 Å². The first-order valence-electron chi connectivity index (χ1n) is 9.19. The van der Waals surface area contributed by atoms with Gasteiger partial charge in [-0.2, -0.15) is 0 Å². The Kier molecular flexibility index (Phi) is 7.57. The molecule has 0 bridgehead atoms. The van der Waals surface area contributed by atoms with Gasteiger partial charge in [-0.25, -0.2) is 4.39 Å². The number of nitrogens with one attached hydrogen (secondary N) is 1. The van der Waals surface area contributed by atoms with Crippen LogP contribution in [-0.4, -0.2) is 18.7 Å². The second kappa shape index (κ2) is 10.5. The van der Waals surface area contributed by atoms with Gasteiger partial charge in [0.15, 0.2) is 6.61 Å². The summed E-state index contributed by atoms with van der Waals surface area (Å²) >= 11 is 3.43. The molecule has 0 heterocycles. The summed E-state index contributed by atoms with van der Waals surface area (Å²) in [4.78, 5) is 16.9. The molecule has 7 heteroatoms. The number of hydrogen-bond acceptors (Lipinski definition) is 4. The summed E-state index contributed by atoms with van der Waals surface area (Å²) in [5.74, 6) is -0.0242. The highest BCUT2D eigenvalue weighted by Gasteiger charge is 2.06. The summed E-state index contributed by atoms with van der Waals surface area (Å²) in [6, 6.07) is 19.3. The molecule has 30 heavy (non-hydrogen) atoms. The molecule has 0 atom stereocenters. The molecular formula is C23H20BrFN2O3. The molecule has 3 aromatic rings. The number of carbonyl (C=O) groups excluding carboxylic acids is 1. The molecule has 0 aliphatic carbocycles. The Labute approximate surface area is 182 Å². The molecule has 0 radical (unpaired) electrons. The van der Waals surface area contributed by atoms with E-state index in [0.717, 1.165) is 11.1 Å². The highest BCUT2D eigenvalue weighted by Crippen LogP contribution is 2.26. The molecule has 0 aromatic heterocycles. The van der Waals surface area contributed by atoms with Crippen LogP contribution in [0, 0.1) is 12.7 Å². The molecule has 0 saturated heterocycles. The topological polar surface area (TPSA) is 59.9 Å². The normalized spacial score (nSPS) is 10.8. The fourth-order valence-corrected chi connectivity index (χ4v) is 3.02. The number of nitrogens with zero attached hydrogens (tertiary/aromatic N) is 1. The van der Waals surface area contributed by atoms with E-state index in [1.165, 1.54) is 12.3 Å². The monoisotopic (exact) mass is 470 g/mol. The third kappa shape index (κ3) is 6.42. The maximum atomic E-state index is 13.7. The number of anilines is 1. The van der Waals surface area contributed by atoms with Gasteiger partial charge in [0.25, 0.3) is 5.91 Å². The first kappa shape index (κ1) is 21.5. The molecule has 0 unspecified atom stereocenters. The Bertz CT molecular complexity index is 1040. The van der Waals surface area contributed by atoms with Crippen LogP contribution in [0.25, 0.3) is 0 Å². The molecule has 1 amide bonds. The van der Waals surface area contributed by atoms with Gasteiger partial charge < -0.3 is 14.9 Å². The summed E-state index contributed by atoms with van der Waals surface area (Å²) in [6.07, 6.45) is 1.49. The second-order valence-corrected chi connectivity index (χ2v) is 7.35. The fourth-order valence-electron chi connectivity index (χ4n) is 2.51. The number of halogens is 2. The van der Waals surface area contributed by atoms with Crippen molar-refractivity contribution in [1.82, 2.24) is 0 Å². The van der Waals surface area contributed by atoms with Crippen LogP contribution in [0.2, 0.25) is 0 Å². The van der Waals surface area contributed by atoms with Gasteiger partial charge in [-0.1, -0.05) is 41.1 Å². The minimum atomic E-state index is -0.305. The van der Waals surface area contributed by atoms with E-state index in [-0.39, 0.29) is 24.9 Å². The Morgan fingerprint density at radius 2 is 1.90 bits per heavy atom. The van der Waals surface area contributed by atoms with Crippen LogP contribution in [0.4, 0.5) is 10.1 Å². The van der Waals surface area contributed by atoms with Gasteiger partial charge in [-0.3, -0.25) is 4.79 Å². The zero-order chi connectivity index (χ0) is 21.3. The standard InChI is InChI=1S/C23H20BrFN2O3/c1-16-6-9-19(10-7-16)27-23(28)15-30-26-13-17-8-11-22(20(24)12-17)29-14-18-4-2-3-5-21(18)25/h2-13H,14-15H2,1H3,(H,27,28)/b26-13+.